The van der Waals surface area contributed by atoms with Crippen LogP contribution in [-0.4, -0.2) is 35.6 Å². The topological polar surface area (TPSA) is 93.2 Å². The maximum absolute atomic E-state index is 15.5. The predicted molar refractivity (Wildman–Crippen MR) is 138 cm³/mol. The number of anilines is 1. The molecule has 8 nitrogen and oxygen atoms in total. The van der Waals surface area contributed by atoms with E-state index in [1.54, 1.807) is 0 Å². The van der Waals surface area contributed by atoms with Crippen LogP contribution >= 0.6 is 0 Å². The highest BCUT2D eigenvalue weighted by molar-refractivity contribution is 6.35. The number of nitrogens with zero attached hydrogens (tertiary/aromatic N) is 2. The lowest BCUT2D eigenvalue weighted by molar-refractivity contribution is 0.0689. The molecule has 0 radical (unpaired) electrons. The van der Waals surface area contributed by atoms with Crippen LogP contribution in [0.5, 0.6) is 23.0 Å². The normalized spacial score (nSPS) is 13.8. The number of carbonyl (C=O) groups is 4. The summed E-state index contributed by atoms with van der Waals surface area (Å²) in [6.45, 7) is 0.511. The number of fused-ring (bicyclic) bond motifs is 2. The van der Waals surface area contributed by atoms with Crippen molar-refractivity contribution < 1.29 is 90.1 Å². The summed E-state index contributed by atoms with van der Waals surface area (Å²) in [5, 5.41) is 0. The van der Waals surface area contributed by atoms with Gasteiger partial charge in [0, 0.05) is 12.6 Å². The molecule has 0 saturated carbocycles. The lowest BCUT2D eigenvalue weighted by atomic mass is 10.1. The number of hydrogen-bond donors (Lipinski definition) is 0. The molecule has 0 spiro atoms. The number of rotatable bonds is 5. The first kappa shape index (κ1) is 35.6. The van der Waals surface area contributed by atoms with Gasteiger partial charge in [-0.3, -0.25) is 24.1 Å². The molecule has 0 aromatic heterocycles. The van der Waals surface area contributed by atoms with E-state index in [4.69, 9.17) is 0 Å². The highest BCUT2D eigenvalue weighted by Gasteiger charge is 2.48. The molecular weight excluding hydrogens is 750 g/mol. The van der Waals surface area contributed by atoms with Crippen LogP contribution in [0, 0.1) is 88.4 Å². The zero-order valence-electron chi connectivity index (χ0n) is 24.6. The zero-order chi connectivity index (χ0) is 38.7. The molecule has 2 aliphatic rings. The van der Waals surface area contributed by atoms with Crippen molar-refractivity contribution in [2.75, 3.05) is 11.9 Å². The van der Waals surface area contributed by atoms with Crippen molar-refractivity contribution in [1.29, 1.82) is 0 Å². The third-order valence-corrected chi connectivity index (χ3v) is 7.71. The largest absolute Gasteiger partial charge is 0.445 e. The van der Waals surface area contributed by atoms with Crippen LogP contribution < -0.4 is 14.4 Å². The average Bonchev–Trinajstić information content (AvgIpc) is 3.50. The monoisotopic (exact) mass is 756 g/mol. The van der Waals surface area contributed by atoms with Gasteiger partial charge < -0.3 is 9.47 Å². The number of halogens is 14. The van der Waals surface area contributed by atoms with Crippen molar-refractivity contribution in [3.63, 3.8) is 0 Å². The van der Waals surface area contributed by atoms with Gasteiger partial charge in [-0.25, -0.2) is 40.0 Å². The van der Waals surface area contributed by atoms with Gasteiger partial charge in [-0.05, 0) is 6.92 Å². The lowest BCUT2D eigenvalue weighted by Crippen LogP contribution is -2.32. The Morgan fingerprint density at radius 3 is 1.00 bits per heavy atom. The van der Waals surface area contributed by atoms with Crippen molar-refractivity contribution >= 4 is 29.3 Å². The van der Waals surface area contributed by atoms with Crippen LogP contribution in [0.15, 0.2) is 0 Å². The summed E-state index contributed by atoms with van der Waals surface area (Å²) in [4.78, 5) is 49.0. The van der Waals surface area contributed by atoms with Gasteiger partial charge in [0.15, 0.2) is 46.5 Å². The fourth-order valence-electron chi connectivity index (χ4n) is 5.11. The van der Waals surface area contributed by atoms with Crippen LogP contribution in [0.1, 0.15) is 47.0 Å². The second kappa shape index (κ2) is 11.7. The highest BCUT2D eigenvalue weighted by Crippen LogP contribution is 2.45. The number of benzene rings is 4. The Labute approximate surface area is 275 Å². The molecule has 0 saturated heterocycles. The summed E-state index contributed by atoms with van der Waals surface area (Å²) < 4.78 is 216. The summed E-state index contributed by atoms with van der Waals surface area (Å²) in [5.74, 6) is -53.7. The first-order chi connectivity index (χ1) is 24.2. The minimum Gasteiger partial charge on any atom is -0.445 e. The van der Waals surface area contributed by atoms with E-state index in [9.17, 15) is 54.3 Å². The molecule has 0 N–H and O–H groups in total. The molecule has 0 bridgehead atoms. The molecule has 0 atom stereocenters. The zero-order valence-corrected chi connectivity index (χ0v) is 24.6. The van der Waals surface area contributed by atoms with E-state index in [2.05, 4.69) is 9.47 Å². The Morgan fingerprint density at radius 2 is 0.635 bits per heavy atom. The van der Waals surface area contributed by atoms with Gasteiger partial charge in [0.05, 0.1) is 22.3 Å². The molecule has 0 aliphatic carbocycles. The summed E-state index contributed by atoms with van der Waals surface area (Å²) in [7, 11) is 0.693. The highest BCUT2D eigenvalue weighted by atomic mass is 19.2. The Morgan fingerprint density at radius 1 is 0.365 bits per heavy atom. The van der Waals surface area contributed by atoms with E-state index < -0.39 is 166 Å². The molecule has 4 aromatic carbocycles. The maximum Gasteiger partial charge on any atom is 0.269 e. The van der Waals surface area contributed by atoms with Crippen LogP contribution in [0.2, 0.25) is 0 Å². The van der Waals surface area contributed by atoms with E-state index in [0.717, 1.165) is 0 Å². The minimum atomic E-state index is -2.90. The van der Waals surface area contributed by atoms with Crippen molar-refractivity contribution in [2.45, 2.75) is 6.92 Å². The van der Waals surface area contributed by atoms with E-state index in [1.807, 2.05) is 0 Å². The maximum atomic E-state index is 15.5. The van der Waals surface area contributed by atoms with E-state index in [1.165, 1.54) is 0 Å². The van der Waals surface area contributed by atoms with Gasteiger partial charge in [-0.2, -0.15) is 26.3 Å². The summed E-state index contributed by atoms with van der Waals surface area (Å²) >= 11 is 0. The van der Waals surface area contributed by atoms with Crippen LogP contribution in [0.25, 0.3) is 0 Å². The van der Waals surface area contributed by atoms with Gasteiger partial charge in [0.25, 0.3) is 23.6 Å². The Bertz CT molecular complexity index is 2380. The smallest absolute Gasteiger partial charge is 0.269 e. The van der Waals surface area contributed by atoms with Crippen molar-refractivity contribution in [2.24, 2.45) is 0 Å². The molecule has 52 heavy (non-hydrogen) atoms. The summed E-state index contributed by atoms with van der Waals surface area (Å²) in [6.07, 6.45) is 0. The molecule has 2 heterocycles. The minimum absolute atomic E-state index is 0.0897. The number of amides is 4. The van der Waals surface area contributed by atoms with Crippen LogP contribution in [0.4, 0.5) is 67.2 Å². The van der Waals surface area contributed by atoms with Gasteiger partial charge >= 0.3 is 0 Å². The molecule has 4 aromatic rings. The van der Waals surface area contributed by atoms with Gasteiger partial charge in [0.2, 0.25) is 57.9 Å². The van der Waals surface area contributed by atoms with Crippen molar-refractivity contribution in [1.82, 2.24) is 4.90 Å². The third-order valence-electron chi connectivity index (χ3n) is 7.71. The predicted octanol–water partition coefficient (Wildman–Crippen LogP) is 7.55. The van der Waals surface area contributed by atoms with Crippen LogP contribution in [-0.2, 0) is 0 Å². The quantitative estimate of drug-likeness (QED) is 0.119. The Kier molecular flexibility index (Phi) is 7.99. The fraction of sp³-hybridized carbons (Fsp3) is 0.0667. The number of carbonyl (C=O) groups excluding carboxylic acids is 4. The molecular formula is C30H6F14N2O6. The van der Waals surface area contributed by atoms with Gasteiger partial charge in [0.1, 0.15) is 5.69 Å². The second-order valence-electron chi connectivity index (χ2n) is 10.5. The van der Waals surface area contributed by atoms with Crippen LogP contribution in [0.3, 0.4) is 0 Å². The number of imide groups is 2. The molecule has 0 fully saturated rings. The van der Waals surface area contributed by atoms with Gasteiger partial charge in [-0.15, -0.1) is 0 Å². The standard InChI is InChI=1S/C30H6F14N2O6/c1-3-8(31)14(37)22(15(38)9(3)32)46-29(49)5-7(30(46)50)13(36)24(17(40)11(5)34)52-26-20(43)18(41)25(19(42)21(26)44)51-23-12(35)6-4(10(33)16(23)39)27(47)45(2)28(6)48/h1-2H3. The van der Waals surface area contributed by atoms with E-state index in [0.29, 0.717) is 14.0 Å². The number of ether oxygens (including phenoxy) is 2. The lowest BCUT2D eigenvalue weighted by Gasteiger charge is -2.17. The first-order valence-corrected chi connectivity index (χ1v) is 13.3. The van der Waals surface area contributed by atoms with Gasteiger partial charge in [-0.1, -0.05) is 0 Å². The molecule has 4 amide bonds. The fourth-order valence-corrected chi connectivity index (χ4v) is 5.11. The SMILES string of the molecule is Cc1c(F)c(F)c(N2C(=O)c3c(F)c(F)c(Oc4c(F)c(F)c(Oc5c(F)c(F)c6c(c5F)C(=O)N(C)C6=O)c(F)c4F)c(F)c3C2=O)c(F)c1F. The third kappa shape index (κ3) is 4.48. The van der Waals surface area contributed by atoms with Crippen molar-refractivity contribution in [3.8, 4) is 23.0 Å². The Balaban J connectivity index is 1.45. The molecule has 2 aliphatic heterocycles. The molecule has 6 rings (SSSR count). The summed E-state index contributed by atoms with van der Waals surface area (Å²) in [6, 6.07) is 0. The number of hydrogen-bond acceptors (Lipinski definition) is 6. The Hall–Kier alpha value is -6.22. The van der Waals surface area contributed by atoms with E-state index >= 15 is 26.3 Å². The molecule has 270 valence electrons. The molecule has 0 unspecified atom stereocenters. The second-order valence-corrected chi connectivity index (χ2v) is 10.5. The first-order valence-electron chi connectivity index (χ1n) is 13.3. The van der Waals surface area contributed by atoms with E-state index in [-0.39, 0.29) is 4.90 Å². The summed E-state index contributed by atoms with van der Waals surface area (Å²) in [5.41, 5.74) is -10.6. The average molecular weight is 756 g/mol. The molecule has 22 heteroatoms. The van der Waals surface area contributed by atoms with Crippen molar-refractivity contribution in [3.05, 3.63) is 109 Å².